The fourth-order valence-electron chi connectivity index (χ4n) is 4.77. The number of aliphatic hydroxyl groups excluding tert-OH is 2. The zero-order valence-corrected chi connectivity index (χ0v) is 20.5. The summed E-state index contributed by atoms with van der Waals surface area (Å²) in [5.74, 6) is -1.31. The van der Waals surface area contributed by atoms with Gasteiger partial charge < -0.3 is 14.9 Å². The average molecular weight is 445 g/mol. The van der Waals surface area contributed by atoms with E-state index in [4.69, 9.17) is 4.74 Å². The number of carbonyl (C=O) groups is 2. The molecule has 4 atom stereocenters. The first-order chi connectivity index (χ1) is 15.0. The number of Topliss-reactive ketones (excluding diaryl/α,β-unsaturated/α-hetero) is 1. The predicted octanol–water partition coefficient (Wildman–Crippen LogP) is 5.76. The highest BCUT2D eigenvalue weighted by atomic mass is 16.5. The van der Waals surface area contributed by atoms with E-state index in [-0.39, 0.29) is 36.0 Å². The molecule has 5 heteroatoms. The van der Waals surface area contributed by atoms with Crippen LogP contribution in [-0.2, 0) is 14.3 Å². The molecule has 0 saturated heterocycles. The number of ketones is 1. The van der Waals surface area contributed by atoms with E-state index in [1.54, 1.807) is 0 Å². The number of carbonyl (C=O) groups excluding carboxylic acids is 2. The van der Waals surface area contributed by atoms with Crippen LogP contribution in [0.5, 0.6) is 0 Å². The van der Waals surface area contributed by atoms with Gasteiger partial charge in [-0.15, -0.1) is 0 Å². The maximum atomic E-state index is 13.3. The number of fused-ring (bicyclic) bond motifs is 1. The average Bonchev–Trinajstić information content (AvgIpc) is 2.92. The Morgan fingerprint density at radius 2 is 1.84 bits per heavy atom. The van der Waals surface area contributed by atoms with Crippen molar-refractivity contribution in [3.63, 3.8) is 0 Å². The number of allylic oxidation sites excluding steroid dienone is 6. The first-order valence-electron chi connectivity index (χ1n) is 11.7. The SMILES string of the molecule is CC(=O)OC[C@@H](C)C1=C(O)C(=O)[C@@]2(C)C/C=C(\C)CC/C=C(/C)CC[C@H](O)/C(C)=C/C[C@H]12. The molecule has 0 heterocycles. The van der Waals surface area contributed by atoms with Gasteiger partial charge in [-0.2, -0.15) is 0 Å². The van der Waals surface area contributed by atoms with Gasteiger partial charge in [0.1, 0.15) is 0 Å². The van der Waals surface area contributed by atoms with Gasteiger partial charge in [0.15, 0.2) is 5.76 Å². The van der Waals surface area contributed by atoms with Crippen LogP contribution in [0.25, 0.3) is 0 Å². The number of ether oxygens (including phenoxy) is 1. The Bertz CT molecular complexity index is 844. The Morgan fingerprint density at radius 1 is 1.19 bits per heavy atom. The molecule has 0 aromatic carbocycles. The van der Waals surface area contributed by atoms with Crippen molar-refractivity contribution in [1.82, 2.24) is 0 Å². The molecule has 0 fully saturated rings. The lowest BCUT2D eigenvalue weighted by atomic mass is 9.70. The molecule has 0 aliphatic heterocycles. The van der Waals surface area contributed by atoms with Gasteiger partial charge in [-0.25, -0.2) is 0 Å². The highest BCUT2D eigenvalue weighted by Crippen LogP contribution is 2.50. The van der Waals surface area contributed by atoms with Gasteiger partial charge in [-0.3, -0.25) is 9.59 Å². The Labute approximate surface area is 192 Å². The highest BCUT2D eigenvalue weighted by molar-refractivity contribution is 6.02. The maximum Gasteiger partial charge on any atom is 0.302 e. The summed E-state index contributed by atoms with van der Waals surface area (Å²) in [7, 11) is 0. The molecular formula is C27H40O5. The van der Waals surface area contributed by atoms with E-state index in [9.17, 15) is 19.8 Å². The molecule has 0 spiro atoms. The minimum atomic E-state index is -0.779. The van der Waals surface area contributed by atoms with Crippen LogP contribution in [0.1, 0.15) is 80.1 Å². The number of hydrogen-bond donors (Lipinski definition) is 2. The van der Waals surface area contributed by atoms with Crippen molar-refractivity contribution in [2.75, 3.05) is 6.61 Å². The zero-order valence-electron chi connectivity index (χ0n) is 20.5. The summed E-state index contributed by atoms with van der Waals surface area (Å²) >= 11 is 0. The van der Waals surface area contributed by atoms with Crippen molar-refractivity contribution in [2.45, 2.75) is 86.2 Å². The zero-order chi connectivity index (χ0) is 24.1. The first kappa shape index (κ1) is 26.1. The third-order valence-electron chi connectivity index (χ3n) is 7.14. The quantitative estimate of drug-likeness (QED) is 0.427. The Hall–Kier alpha value is -2.14. The van der Waals surface area contributed by atoms with E-state index >= 15 is 0 Å². The fourth-order valence-corrected chi connectivity index (χ4v) is 4.77. The number of aliphatic hydroxyl groups is 2. The summed E-state index contributed by atoms with van der Waals surface area (Å²) in [5.41, 5.74) is 3.27. The maximum absolute atomic E-state index is 13.3. The molecule has 5 nitrogen and oxygen atoms in total. The van der Waals surface area contributed by atoms with Crippen molar-refractivity contribution >= 4 is 11.8 Å². The molecule has 0 unspecified atom stereocenters. The molecule has 0 aromatic rings. The molecule has 0 saturated carbocycles. The Morgan fingerprint density at radius 3 is 2.50 bits per heavy atom. The van der Waals surface area contributed by atoms with Crippen LogP contribution in [0.15, 0.2) is 46.3 Å². The molecule has 0 bridgehead atoms. The molecule has 0 aromatic heterocycles. The second-order valence-electron chi connectivity index (χ2n) is 9.89. The third kappa shape index (κ3) is 6.22. The van der Waals surface area contributed by atoms with Crippen molar-refractivity contribution in [3.8, 4) is 0 Å². The van der Waals surface area contributed by atoms with Gasteiger partial charge in [0.05, 0.1) is 12.7 Å². The lowest BCUT2D eigenvalue weighted by Crippen LogP contribution is -2.32. The van der Waals surface area contributed by atoms with Crippen LogP contribution < -0.4 is 0 Å². The van der Waals surface area contributed by atoms with Crippen LogP contribution in [-0.4, -0.2) is 34.7 Å². The molecule has 2 rings (SSSR count). The number of esters is 1. The largest absolute Gasteiger partial charge is 0.504 e. The Kier molecular flexibility index (Phi) is 9.08. The third-order valence-corrected chi connectivity index (χ3v) is 7.14. The van der Waals surface area contributed by atoms with E-state index < -0.39 is 11.5 Å². The Balaban J connectivity index is 2.45. The topological polar surface area (TPSA) is 83.8 Å². The molecule has 178 valence electrons. The van der Waals surface area contributed by atoms with Crippen molar-refractivity contribution in [3.05, 3.63) is 46.3 Å². The summed E-state index contributed by atoms with van der Waals surface area (Å²) in [6, 6.07) is 0. The van der Waals surface area contributed by atoms with E-state index in [1.165, 1.54) is 18.1 Å². The normalized spacial score (nSPS) is 34.1. The lowest BCUT2D eigenvalue weighted by molar-refractivity contribution is -0.141. The van der Waals surface area contributed by atoms with Gasteiger partial charge in [-0.05, 0) is 70.4 Å². The van der Waals surface area contributed by atoms with Gasteiger partial charge in [0.25, 0.3) is 0 Å². The van der Waals surface area contributed by atoms with Crippen molar-refractivity contribution < 1.29 is 24.5 Å². The van der Waals surface area contributed by atoms with Gasteiger partial charge in [0, 0.05) is 24.2 Å². The predicted molar refractivity (Wildman–Crippen MR) is 127 cm³/mol. The van der Waals surface area contributed by atoms with Crippen molar-refractivity contribution in [1.29, 1.82) is 0 Å². The first-order valence-corrected chi connectivity index (χ1v) is 11.7. The molecule has 2 N–H and O–H groups in total. The van der Waals surface area contributed by atoms with Crippen LogP contribution in [0.4, 0.5) is 0 Å². The molecule has 2 aliphatic rings. The van der Waals surface area contributed by atoms with E-state index in [2.05, 4.69) is 26.0 Å². The highest BCUT2D eigenvalue weighted by Gasteiger charge is 2.51. The summed E-state index contributed by atoms with van der Waals surface area (Å²) in [4.78, 5) is 24.6. The van der Waals surface area contributed by atoms with E-state index in [0.717, 1.165) is 24.8 Å². The molecular weight excluding hydrogens is 404 g/mol. The summed E-state index contributed by atoms with van der Waals surface area (Å²) in [6.45, 7) is 11.4. The number of rotatable bonds is 3. The van der Waals surface area contributed by atoms with Crippen molar-refractivity contribution in [2.24, 2.45) is 17.3 Å². The lowest BCUT2D eigenvalue weighted by Gasteiger charge is -2.32. The molecule has 0 amide bonds. The minimum absolute atomic E-state index is 0.125. The van der Waals surface area contributed by atoms with E-state index in [0.29, 0.717) is 24.8 Å². The molecule has 32 heavy (non-hydrogen) atoms. The summed E-state index contributed by atoms with van der Waals surface area (Å²) in [6.07, 6.45) is 10.3. The fraction of sp³-hybridized carbons (Fsp3) is 0.630. The van der Waals surface area contributed by atoms with E-state index in [1.807, 2.05) is 26.8 Å². The second kappa shape index (κ2) is 11.1. The second-order valence-corrected chi connectivity index (χ2v) is 9.89. The van der Waals surface area contributed by atoms with Crippen LogP contribution in [0, 0.1) is 17.3 Å². The van der Waals surface area contributed by atoms with Crippen LogP contribution >= 0.6 is 0 Å². The van der Waals surface area contributed by atoms with Gasteiger partial charge in [-0.1, -0.05) is 43.2 Å². The minimum Gasteiger partial charge on any atom is -0.504 e. The van der Waals surface area contributed by atoms with Gasteiger partial charge >= 0.3 is 5.97 Å². The van der Waals surface area contributed by atoms with Crippen LogP contribution in [0.3, 0.4) is 0 Å². The number of hydrogen-bond acceptors (Lipinski definition) is 5. The summed E-state index contributed by atoms with van der Waals surface area (Å²) in [5, 5.41) is 21.5. The molecule has 0 radical (unpaired) electrons. The monoisotopic (exact) mass is 444 g/mol. The van der Waals surface area contributed by atoms with Crippen LogP contribution in [0.2, 0.25) is 0 Å². The van der Waals surface area contributed by atoms with Gasteiger partial charge in [0.2, 0.25) is 5.78 Å². The smallest absolute Gasteiger partial charge is 0.302 e. The standard InChI is InChI=1S/C27H40O5/c1-17-8-7-9-18(2)14-15-27(6)22(12-11-19(3)23(29)13-10-17)24(25(30)26(27)31)20(4)16-32-21(5)28/h8,11,14,20,22-23,29-30H,7,9-10,12-13,15-16H2,1-6H3/b17-8-,18-14+,19-11+/t20-,22-,23+,27+/m1/s1. The summed E-state index contributed by atoms with van der Waals surface area (Å²) < 4.78 is 5.19. The molecule has 2 aliphatic carbocycles.